The van der Waals surface area contributed by atoms with Gasteiger partial charge in [0.2, 0.25) is 21.8 Å². The summed E-state index contributed by atoms with van der Waals surface area (Å²) in [5.74, 6) is -0.0180. The van der Waals surface area contributed by atoms with Crippen LogP contribution in [0.4, 0.5) is 5.69 Å². The lowest BCUT2D eigenvalue weighted by Crippen LogP contribution is -2.49. The number of sulfonamides is 1. The van der Waals surface area contributed by atoms with E-state index in [1.165, 1.54) is 11.4 Å². The Bertz CT molecular complexity index is 1140. The molecule has 36 heavy (non-hydrogen) atoms. The van der Waals surface area contributed by atoms with Crippen molar-refractivity contribution < 1.29 is 22.7 Å². The fourth-order valence-electron chi connectivity index (χ4n) is 3.70. The van der Waals surface area contributed by atoms with Gasteiger partial charge in [-0.25, -0.2) is 8.42 Å². The maximum atomic E-state index is 13.4. The summed E-state index contributed by atoms with van der Waals surface area (Å²) in [5.41, 5.74) is 1.30. The number of para-hydroxylation sites is 2. The predicted octanol–water partition coefficient (Wildman–Crippen LogP) is 4.34. The first-order valence-electron chi connectivity index (χ1n) is 11.9. The van der Waals surface area contributed by atoms with Gasteiger partial charge in [-0.1, -0.05) is 47.1 Å². The predicted molar refractivity (Wildman–Crippen MR) is 146 cm³/mol. The summed E-state index contributed by atoms with van der Waals surface area (Å²) in [6, 6.07) is 13.7. The molecular formula is C26H36BrN3O5S. The smallest absolute Gasteiger partial charge is 0.242 e. The molecule has 198 valence electrons. The zero-order chi connectivity index (χ0) is 26.9. The first kappa shape index (κ1) is 29.6. The zero-order valence-corrected chi connectivity index (χ0v) is 23.9. The van der Waals surface area contributed by atoms with Crippen LogP contribution < -0.4 is 14.4 Å². The molecule has 0 bridgehead atoms. The molecule has 1 N–H and O–H groups in total. The summed E-state index contributed by atoms with van der Waals surface area (Å²) in [5, 5.41) is 2.95. The van der Waals surface area contributed by atoms with Crippen molar-refractivity contribution in [2.75, 3.05) is 24.2 Å². The minimum atomic E-state index is -3.61. The molecule has 0 aliphatic heterocycles. The van der Waals surface area contributed by atoms with Crippen molar-refractivity contribution in [3.8, 4) is 5.75 Å². The summed E-state index contributed by atoms with van der Waals surface area (Å²) in [7, 11) is -2.13. The molecule has 10 heteroatoms. The van der Waals surface area contributed by atoms with E-state index in [1.807, 2.05) is 38.1 Å². The highest BCUT2D eigenvalue weighted by molar-refractivity contribution is 9.10. The molecule has 2 amide bonds. The number of carbonyl (C=O) groups is 2. The number of amides is 2. The molecule has 0 aliphatic rings. The molecule has 0 fully saturated rings. The van der Waals surface area contributed by atoms with E-state index in [9.17, 15) is 18.0 Å². The monoisotopic (exact) mass is 581 g/mol. The molecule has 0 aromatic heterocycles. The van der Waals surface area contributed by atoms with Crippen LogP contribution in [0.2, 0.25) is 0 Å². The highest BCUT2D eigenvalue weighted by Gasteiger charge is 2.27. The van der Waals surface area contributed by atoms with Gasteiger partial charge in [0.05, 0.1) is 19.1 Å². The van der Waals surface area contributed by atoms with Gasteiger partial charge in [0, 0.05) is 30.0 Å². The first-order chi connectivity index (χ1) is 17.0. The molecule has 8 nitrogen and oxygen atoms in total. The summed E-state index contributed by atoms with van der Waals surface area (Å²) >= 11 is 3.45. The van der Waals surface area contributed by atoms with Gasteiger partial charge in [-0.05, 0) is 56.5 Å². The van der Waals surface area contributed by atoms with E-state index in [1.54, 1.807) is 36.1 Å². The van der Waals surface area contributed by atoms with Gasteiger partial charge in [0.25, 0.3) is 0 Å². The lowest BCUT2D eigenvalue weighted by molar-refractivity contribution is -0.140. The molecule has 2 atom stereocenters. The number of hydrogen-bond donors (Lipinski definition) is 1. The molecule has 0 unspecified atom stereocenters. The van der Waals surface area contributed by atoms with Crippen LogP contribution in [0.5, 0.6) is 5.75 Å². The quantitative estimate of drug-likeness (QED) is 0.379. The van der Waals surface area contributed by atoms with E-state index in [0.717, 1.165) is 22.7 Å². The molecule has 2 aromatic rings. The summed E-state index contributed by atoms with van der Waals surface area (Å²) in [6.07, 6.45) is 2.26. The number of hydrogen-bond acceptors (Lipinski definition) is 5. The second kappa shape index (κ2) is 13.6. The molecule has 0 saturated carbocycles. The van der Waals surface area contributed by atoms with Crippen molar-refractivity contribution in [2.24, 2.45) is 0 Å². The first-order valence-corrected chi connectivity index (χ1v) is 14.6. The Morgan fingerprint density at radius 2 is 1.81 bits per heavy atom. The van der Waals surface area contributed by atoms with Crippen molar-refractivity contribution in [1.29, 1.82) is 0 Å². The molecule has 2 aromatic carbocycles. The van der Waals surface area contributed by atoms with E-state index >= 15 is 0 Å². The van der Waals surface area contributed by atoms with Crippen LogP contribution in [0.1, 0.15) is 45.6 Å². The van der Waals surface area contributed by atoms with Gasteiger partial charge in [0.15, 0.2) is 0 Å². The standard InChI is InChI=1S/C26H36BrN3O5S/c1-6-19(2)28-26(32)20(3)29(18-21-11-9-12-22(27)17-21)25(31)15-10-16-30(36(5,33)34)23-13-7-8-14-24(23)35-4/h7-9,11-14,17,19-20H,6,10,15-16,18H2,1-5H3,(H,28,32)/t19-,20-/m1/s1. The maximum Gasteiger partial charge on any atom is 0.242 e. The zero-order valence-electron chi connectivity index (χ0n) is 21.5. The van der Waals surface area contributed by atoms with E-state index in [2.05, 4.69) is 21.2 Å². The molecule has 0 spiro atoms. The second-order valence-corrected chi connectivity index (χ2v) is 11.6. The highest BCUT2D eigenvalue weighted by Crippen LogP contribution is 2.29. The van der Waals surface area contributed by atoms with E-state index < -0.39 is 16.1 Å². The van der Waals surface area contributed by atoms with E-state index in [0.29, 0.717) is 11.4 Å². The summed E-state index contributed by atoms with van der Waals surface area (Å²) < 4.78 is 32.5. The van der Waals surface area contributed by atoms with Crippen molar-refractivity contribution in [2.45, 2.75) is 58.7 Å². The maximum absolute atomic E-state index is 13.4. The number of anilines is 1. The third-order valence-electron chi connectivity index (χ3n) is 5.92. The van der Waals surface area contributed by atoms with Crippen LogP contribution in [0.25, 0.3) is 0 Å². The number of nitrogens with one attached hydrogen (secondary N) is 1. The highest BCUT2D eigenvalue weighted by atomic mass is 79.9. The van der Waals surface area contributed by atoms with Gasteiger partial charge >= 0.3 is 0 Å². The minimum absolute atomic E-state index is 0.00746. The SMILES string of the molecule is CC[C@@H](C)NC(=O)[C@@H](C)N(Cc1cccc(Br)c1)C(=O)CCCN(c1ccccc1OC)S(C)(=O)=O. The Morgan fingerprint density at radius 1 is 1.11 bits per heavy atom. The van der Waals surface area contributed by atoms with Crippen LogP contribution in [-0.4, -0.2) is 57.1 Å². The molecule has 0 radical (unpaired) electrons. The van der Waals surface area contributed by atoms with E-state index in [4.69, 9.17) is 4.74 Å². The minimum Gasteiger partial charge on any atom is -0.495 e. The van der Waals surface area contributed by atoms with Gasteiger partial charge in [-0.3, -0.25) is 13.9 Å². The van der Waals surface area contributed by atoms with Crippen molar-refractivity contribution >= 4 is 43.5 Å². The molecular weight excluding hydrogens is 546 g/mol. The lowest BCUT2D eigenvalue weighted by Gasteiger charge is -2.30. The number of ether oxygens (including phenoxy) is 1. The van der Waals surface area contributed by atoms with Gasteiger partial charge in [0.1, 0.15) is 11.8 Å². The summed E-state index contributed by atoms with van der Waals surface area (Å²) in [6.45, 7) is 5.97. The third kappa shape index (κ3) is 8.51. The average Bonchev–Trinajstić information content (AvgIpc) is 2.83. The van der Waals surface area contributed by atoms with Crippen LogP contribution in [-0.2, 0) is 26.2 Å². The molecule has 2 rings (SSSR count). The lowest BCUT2D eigenvalue weighted by atomic mass is 10.1. The number of halogens is 1. The largest absolute Gasteiger partial charge is 0.495 e. The Kier molecular flexibility index (Phi) is 11.2. The topological polar surface area (TPSA) is 96.0 Å². The fraction of sp³-hybridized carbons (Fsp3) is 0.462. The van der Waals surface area contributed by atoms with Crippen LogP contribution in [0, 0.1) is 0 Å². The van der Waals surface area contributed by atoms with Crippen molar-refractivity contribution in [3.63, 3.8) is 0 Å². The Labute approximate surface area is 223 Å². The molecule has 0 aliphatic carbocycles. The number of methoxy groups -OCH3 is 1. The van der Waals surface area contributed by atoms with Gasteiger partial charge in [-0.15, -0.1) is 0 Å². The summed E-state index contributed by atoms with van der Waals surface area (Å²) in [4.78, 5) is 27.8. The number of nitrogens with zero attached hydrogens (tertiary/aromatic N) is 2. The Hall–Kier alpha value is -2.59. The van der Waals surface area contributed by atoms with Crippen molar-refractivity contribution in [1.82, 2.24) is 10.2 Å². The van der Waals surface area contributed by atoms with Gasteiger partial charge in [-0.2, -0.15) is 0 Å². The van der Waals surface area contributed by atoms with Crippen LogP contribution in [0.3, 0.4) is 0 Å². The molecule has 0 saturated heterocycles. The molecule has 0 heterocycles. The Morgan fingerprint density at radius 3 is 2.42 bits per heavy atom. The van der Waals surface area contributed by atoms with Crippen LogP contribution >= 0.6 is 15.9 Å². The van der Waals surface area contributed by atoms with Crippen LogP contribution in [0.15, 0.2) is 53.0 Å². The number of benzene rings is 2. The number of rotatable bonds is 13. The van der Waals surface area contributed by atoms with Gasteiger partial charge < -0.3 is 15.0 Å². The number of carbonyl (C=O) groups excluding carboxylic acids is 2. The average molecular weight is 583 g/mol. The Balaban J connectivity index is 2.20. The van der Waals surface area contributed by atoms with E-state index in [-0.39, 0.29) is 43.8 Å². The third-order valence-corrected chi connectivity index (χ3v) is 7.59. The second-order valence-electron chi connectivity index (χ2n) is 8.76. The fourth-order valence-corrected chi connectivity index (χ4v) is 5.11. The normalized spacial score (nSPS) is 12.9. The van der Waals surface area contributed by atoms with Crippen molar-refractivity contribution in [3.05, 3.63) is 58.6 Å².